The molecule has 18 heavy (non-hydrogen) atoms. The highest BCUT2D eigenvalue weighted by Crippen LogP contribution is 2.25. The van der Waals surface area contributed by atoms with E-state index in [1.165, 1.54) is 0 Å². The number of hydrogen-bond donors (Lipinski definition) is 2. The van der Waals surface area contributed by atoms with Gasteiger partial charge in [-0.15, -0.1) is 0 Å². The van der Waals surface area contributed by atoms with E-state index in [9.17, 15) is 9.90 Å². The third-order valence-electron chi connectivity index (χ3n) is 3.21. The fourth-order valence-corrected chi connectivity index (χ4v) is 2.29. The number of β-amino-alcohol motifs (C(OH)–C–C–N with tert-alkyl or cyclic N) is 1. The lowest BCUT2D eigenvalue weighted by atomic mass is 9.92. The summed E-state index contributed by atoms with van der Waals surface area (Å²) >= 11 is 0. The lowest BCUT2D eigenvalue weighted by molar-refractivity contribution is -0.137. The number of carbonyl (C=O) groups excluding carboxylic acids is 1. The molecule has 6 nitrogen and oxygen atoms in total. The minimum atomic E-state index is -1.45. The zero-order chi connectivity index (χ0) is 13.3. The van der Waals surface area contributed by atoms with Gasteiger partial charge in [0.15, 0.2) is 5.60 Å². The highest BCUT2D eigenvalue weighted by Gasteiger charge is 2.39. The van der Waals surface area contributed by atoms with Crippen molar-refractivity contribution in [3.63, 3.8) is 0 Å². The van der Waals surface area contributed by atoms with Gasteiger partial charge in [0.1, 0.15) is 11.6 Å². The number of rotatable bonds is 2. The number of primary amides is 1. The highest BCUT2D eigenvalue weighted by molar-refractivity contribution is 5.84. The largest absolute Gasteiger partial charge is 0.378 e. The molecular weight excluding hydrogens is 232 g/mol. The van der Waals surface area contributed by atoms with Crippen molar-refractivity contribution in [3.8, 4) is 0 Å². The summed E-state index contributed by atoms with van der Waals surface area (Å²) in [5.41, 5.74) is 4.67. The van der Waals surface area contributed by atoms with Gasteiger partial charge in [0.25, 0.3) is 5.91 Å². The van der Waals surface area contributed by atoms with E-state index >= 15 is 0 Å². The minimum Gasteiger partial charge on any atom is -0.378 e. The fourth-order valence-electron chi connectivity index (χ4n) is 2.29. The van der Waals surface area contributed by atoms with E-state index in [-0.39, 0.29) is 6.54 Å². The van der Waals surface area contributed by atoms with Crippen LogP contribution >= 0.6 is 0 Å². The average Bonchev–Trinajstić information content (AvgIpc) is 2.27. The molecule has 1 saturated heterocycles. The van der Waals surface area contributed by atoms with E-state index in [0.717, 1.165) is 18.1 Å². The van der Waals surface area contributed by atoms with Crippen molar-refractivity contribution in [2.45, 2.75) is 32.3 Å². The molecule has 1 unspecified atom stereocenters. The first-order chi connectivity index (χ1) is 8.40. The van der Waals surface area contributed by atoms with Crippen LogP contribution in [0.25, 0.3) is 0 Å². The van der Waals surface area contributed by atoms with Crippen LogP contribution < -0.4 is 10.6 Å². The molecule has 1 aliphatic heterocycles. The number of nitrogens with zero attached hydrogens (tertiary/aromatic N) is 3. The summed E-state index contributed by atoms with van der Waals surface area (Å²) in [6, 6.07) is 1.85. The molecular formula is C12H18N4O2. The van der Waals surface area contributed by atoms with Gasteiger partial charge in [-0.2, -0.15) is 0 Å². The molecule has 1 aromatic heterocycles. The molecule has 1 atom stereocenters. The second-order valence-electron chi connectivity index (χ2n) is 4.84. The van der Waals surface area contributed by atoms with Gasteiger partial charge in [-0.1, -0.05) is 0 Å². The van der Waals surface area contributed by atoms with Crippen LogP contribution in [0.3, 0.4) is 0 Å². The number of aryl methyl sites for hydroxylation is 2. The summed E-state index contributed by atoms with van der Waals surface area (Å²) in [6.45, 7) is 4.66. The molecule has 0 aliphatic carbocycles. The summed E-state index contributed by atoms with van der Waals surface area (Å²) in [4.78, 5) is 21.7. The second-order valence-corrected chi connectivity index (χ2v) is 4.84. The number of aliphatic hydroxyl groups is 1. The van der Waals surface area contributed by atoms with Gasteiger partial charge >= 0.3 is 0 Å². The van der Waals surface area contributed by atoms with Gasteiger partial charge in [-0.3, -0.25) is 4.79 Å². The molecule has 0 bridgehead atoms. The van der Waals surface area contributed by atoms with Crippen molar-refractivity contribution >= 4 is 11.7 Å². The van der Waals surface area contributed by atoms with Gasteiger partial charge in [0.2, 0.25) is 0 Å². The predicted octanol–water partition coefficient (Wildman–Crippen LogP) is -0.0900. The first-order valence-electron chi connectivity index (χ1n) is 6.00. The SMILES string of the molecule is Cc1cc(N2CCCC(O)(C(N)=O)C2)nc(C)n1. The standard InChI is InChI=1S/C12H18N4O2/c1-8-6-10(15-9(2)14-8)16-5-3-4-12(18,7-16)11(13)17/h6,18H,3-5,7H2,1-2H3,(H2,13,17). The maximum Gasteiger partial charge on any atom is 0.251 e. The van der Waals surface area contributed by atoms with Crippen LogP contribution in [0.1, 0.15) is 24.4 Å². The number of amides is 1. The quantitative estimate of drug-likeness (QED) is 0.765. The van der Waals surface area contributed by atoms with Crippen molar-refractivity contribution in [1.29, 1.82) is 0 Å². The van der Waals surface area contributed by atoms with Crippen LogP contribution in [0, 0.1) is 13.8 Å². The minimum absolute atomic E-state index is 0.193. The molecule has 0 spiro atoms. The Labute approximate surface area is 106 Å². The third-order valence-corrected chi connectivity index (χ3v) is 3.21. The van der Waals surface area contributed by atoms with Gasteiger partial charge < -0.3 is 15.7 Å². The molecule has 2 heterocycles. The van der Waals surface area contributed by atoms with E-state index in [1.54, 1.807) is 0 Å². The van der Waals surface area contributed by atoms with E-state index < -0.39 is 11.5 Å². The molecule has 0 radical (unpaired) electrons. The van der Waals surface area contributed by atoms with Crippen LogP contribution in [-0.4, -0.2) is 39.7 Å². The normalized spacial score (nSPS) is 24.1. The maximum absolute atomic E-state index is 11.3. The molecule has 1 aromatic rings. The highest BCUT2D eigenvalue weighted by atomic mass is 16.3. The molecule has 0 saturated carbocycles. The molecule has 1 fully saturated rings. The number of nitrogens with two attached hydrogens (primary N) is 1. The summed E-state index contributed by atoms with van der Waals surface area (Å²) in [6.07, 6.45) is 1.11. The van der Waals surface area contributed by atoms with Crippen molar-refractivity contribution in [3.05, 3.63) is 17.6 Å². The first kappa shape index (κ1) is 12.8. The lowest BCUT2D eigenvalue weighted by Gasteiger charge is -2.37. The third kappa shape index (κ3) is 2.43. The number of anilines is 1. The fraction of sp³-hybridized carbons (Fsp3) is 0.583. The Balaban J connectivity index is 2.26. The summed E-state index contributed by atoms with van der Waals surface area (Å²) in [5, 5.41) is 10.2. The predicted molar refractivity (Wildman–Crippen MR) is 67.1 cm³/mol. The molecule has 0 aromatic carbocycles. The Hall–Kier alpha value is -1.69. The van der Waals surface area contributed by atoms with Crippen LogP contribution in [-0.2, 0) is 4.79 Å². The van der Waals surface area contributed by atoms with Crippen LogP contribution in [0.2, 0.25) is 0 Å². The summed E-state index contributed by atoms with van der Waals surface area (Å²) in [5.74, 6) is 0.743. The number of aromatic nitrogens is 2. The van der Waals surface area contributed by atoms with Crippen molar-refractivity contribution in [2.24, 2.45) is 5.73 Å². The van der Waals surface area contributed by atoms with E-state index in [1.807, 2.05) is 24.8 Å². The Morgan fingerprint density at radius 3 is 2.83 bits per heavy atom. The smallest absolute Gasteiger partial charge is 0.251 e. The van der Waals surface area contributed by atoms with Crippen LogP contribution in [0.4, 0.5) is 5.82 Å². The Morgan fingerprint density at radius 1 is 1.50 bits per heavy atom. The Morgan fingerprint density at radius 2 is 2.22 bits per heavy atom. The molecule has 2 rings (SSSR count). The Kier molecular flexibility index (Phi) is 3.21. The molecule has 3 N–H and O–H groups in total. The molecule has 1 aliphatic rings. The van der Waals surface area contributed by atoms with Gasteiger partial charge in [-0.05, 0) is 26.7 Å². The lowest BCUT2D eigenvalue weighted by Crippen LogP contribution is -2.56. The van der Waals surface area contributed by atoms with Crippen LogP contribution in [0.5, 0.6) is 0 Å². The summed E-state index contributed by atoms with van der Waals surface area (Å²) < 4.78 is 0. The summed E-state index contributed by atoms with van der Waals surface area (Å²) in [7, 11) is 0. The average molecular weight is 250 g/mol. The van der Waals surface area contributed by atoms with E-state index in [4.69, 9.17) is 5.73 Å². The van der Waals surface area contributed by atoms with Crippen molar-refractivity contribution < 1.29 is 9.90 Å². The zero-order valence-electron chi connectivity index (χ0n) is 10.7. The Bertz CT molecular complexity index is 457. The van der Waals surface area contributed by atoms with Crippen LogP contribution in [0.15, 0.2) is 6.07 Å². The number of carbonyl (C=O) groups is 1. The topological polar surface area (TPSA) is 92.3 Å². The monoisotopic (exact) mass is 250 g/mol. The molecule has 6 heteroatoms. The van der Waals surface area contributed by atoms with Crippen molar-refractivity contribution in [1.82, 2.24) is 9.97 Å². The number of piperidine rings is 1. The molecule has 98 valence electrons. The van der Waals surface area contributed by atoms with Gasteiger partial charge in [0, 0.05) is 18.3 Å². The second kappa shape index (κ2) is 4.53. The molecule has 1 amide bonds. The number of hydrogen-bond acceptors (Lipinski definition) is 5. The van der Waals surface area contributed by atoms with Gasteiger partial charge in [-0.25, -0.2) is 9.97 Å². The van der Waals surface area contributed by atoms with E-state index in [2.05, 4.69) is 9.97 Å². The van der Waals surface area contributed by atoms with Gasteiger partial charge in [0.05, 0.1) is 6.54 Å². The zero-order valence-corrected chi connectivity index (χ0v) is 10.7. The first-order valence-corrected chi connectivity index (χ1v) is 6.00. The maximum atomic E-state index is 11.3. The van der Waals surface area contributed by atoms with E-state index in [0.29, 0.717) is 18.7 Å². The van der Waals surface area contributed by atoms with Crippen molar-refractivity contribution in [2.75, 3.05) is 18.0 Å².